The molecule has 14 nitrogen and oxygen atoms in total. The number of pyridine rings is 1. The number of β-lactam (4-membered cyclic amide) rings is 1. The van der Waals surface area contributed by atoms with E-state index >= 15 is 0 Å². The van der Waals surface area contributed by atoms with Gasteiger partial charge in [0.25, 0.3) is 17.2 Å². The SMILES string of the molecule is CO/N=C(/C([O-])=N[C@@H]1C(=O)N2C(C(=O)[O-])=C(Cn3c(C(=O)O)c[n+]4ccccc34)CS[C@H]12)c1csc(N)n1.[Na+]. The largest absolute Gasteiger partial charge is 1.00 e. The van der Waals surface area contributed by atoms with Crippen molar-refractivity contribution in [1.82, 2.24) is 14.5 Å². The Morgan fingerprint density at radius 2 is 2.13 bits per heavy atom. The van der Waals surface area contributed by atoms with Crippen LogP contribution in [0.15, 0.2) is 57.4 Å². The minimum Gasteiger partial charge on any atom is -0.857 e. The van der Waals surface area contributed by atoms with Gasteiger partial charge in [-0.3, -0.25) is 14.7 Å². The van der Waals surface area contributed by atoms with Crippen molar-refractivity contribution >= 4 is 63.3 Å². The molecule has 0 aromatic carbocycles. The van der Waals surface area contributed by atoms with Gasteiger partial charge in [-0.25, -0.2) is 18.7 Å². The van der Waals surface area contributed by atoms with Crippen LogP contribution in [0.25, 0.3) is 5.65 Å². The minimum absolute atomic E-state index is 0. The summed E-state index contributed by atoms with van der Waals surface area (Å²) in [6.07, 6.45) is 3.08. The Morgan fingerprint density at radius 1 is 1.36 bits per heavy atom. The number of aliphatic carboxylic acids is 1. The van der Waals surface area contributed by atoms with Crippen LogP contribution < -0.4 is 49.9 Å². The standard InChI is InChI=1S/C22H19N7O7S2.Na/c1-36-26-14(11-9-38-22(23)24-11)17(30)25-15-18(31)29-16(21(34)35)10(8-37-19(15)29)6-28-12(20(32)33)7-27-5-3-2-4-13(27)28;/h2-5,7,9,15,19H,6,8H2,1H3,(H4-,23,24,25,30,32,33,34,35);/q;+1/p-1/b26-14+;/t15-,19-;/m1./s1. The Bertz CT molecular complexity index is 1580. The fourth-order valence-electron chi connectivity index (χ4n) is 4.27. The molecular weight excluding hydrogens is 561 g/mol. The molecule has 0 bridgehead atoms. The second-order valence-electron chi connectivity index (χ2n) is 8.09. The topological polar surface area (TPSA) is 203 Å². The Labute approximate surface area is 250 Å². The number of carboxylic acids is 2. The summed E-state index contributed by atoms with van der Waals surface area (Å²) in [7, 11) is 1.23. The van der Waals surface area contributed by atoms with Crippen molar-refractivity contribution in [2.75, 3.05) is 18.6 Å². The molecule has 1 saturated heterocycles. The first-order valence-electron chi connectivity index (χ1n) is 10.9. The van der Waals surface area contributed by atoms with E-state index in [1.165, 1.54) is 35.0 Å². The monoisotopic (exact) mass is 579 g/mol. The van der Waals surface area contributed by atoms with Crippen molar-refractivity contribution in [2.45, 2.75) is 18.0 Å². The first-order valence-corrected chi connectivity index (χ1v) is 12.8. The molecule has 0 unspecified atom stereocenters. The number of nitrogens with zero attached hydrogens (tertiary/aromatic N) is 6. The number of nitrogen functional groups attached to an aromatic ring is 1. The molecule has 1 fully saturated rings. The molecule has 0 radical (unpaired) electrons. The smallest absolute Gasteiger partial charge is 0.857 e. The first kappa shape index (κ1) is 28.6. The van der Waals surface area contributed by atoms with Gasteiger partial charge >= 0.3 is 35.5 Å². The van der Waals surface area contributed by atoms with Gasteiger partial charge in [0.2, 0.25) is 0 Å². The molecule has 3 aromatic heterocycles. The second kappa shape index (κ2) is 11.4. The number of carbonyl (C=O) groups excluding carboxylic acids is 2. The zero-order valence-electron chi connectivity index (χ0n) is 20.5. The molecule has 2 aliphatic heterocycles. The van der Waals surface area contributed by atoms with E-state index in [2.05, 4.69) is 15.1 Å². The summed E-state index contributed by atoms with van der Waals surface area (Å²) < 4.78 is 3.05. The summed E-state index contributed by atoms with van der Waals surface area (Å²) in [5.41, 5.74) is 5.88. The van der Waals surface area contributed by atoms with Crippen LogP contribution in [-0.4, -0.2) is 73.3 Å². The molecule has 3 N–H and O–H groups in total. The average molecular weight is 580 g/mol. The van der Waals surface area contributed by atoms with Crippen molar-refractivity contribution in [3.8, 4) is 0 Å². The van der Waals surface area contributed by atoms with Crippen LogP contribution in [0, 0.1) is 0 Å². The Hall–Kier alpha value is -3.44. The maximum absolute atomic E-state index is 13.0. The molecular formula is C22H18N7NaO7S2. The van der Waals surface area contributed by atoms with E-state index in [-0.39, 0.29) is 75.4 Å². The maximum Gasteiger partial charge on any atom is 1.00 e. The van der Waals surface area contributed by atoms with Gasteiger partial charge < -0.3 is 30.7 Å². The zero-order chi connectivity index (χ0) is 27.1. The van der Waals surface area contributed by atoms with E-state index in [9.17, 15) is 29.7 Å². The second-order valence-corrected chi connectivity index (χ2v) is 10.1. The fraction of sp³-hybridized carbons (Fsp3) is 0.227. The molecule has 39 heavy (non-hydrogen) atoms. The number of imidazole rings is 1. The fourth-order valence-corrected chi connectivity index (χ4v) is 6.13. The van der Waals surface area contributed by atoms with Gasteiger partial charge in [0.05, 0.1) is 17.9 Å². The third-order valence-electron chi connectivity index (χ3n) is 5.88. The number of hydrogen-bond donors (Lipinski definition) is 2. The van der Waals surface area contributed by atoms with Crippen molar-refractivity contribution < 1.29 is 68.5 Å². The summed E-state index contributed by atoms with van der Waals surface area (Å²) in [5.74, 6) is -4.24. The molecule has 0 spiro atoms. The Kier molecular flexibility index (Phi) is 8.31. The normalized spacial score (nSPS) is 19.4. The number of aromatic carboxylic acids is 1. The number of carboxylic acid groups (broad SMARTS) is 2. The van der Waals surface area contributed by atoms with Crippen LogP contribution in [0.5, 0.6) is 0 Å². The van der Waals surface area contributed by atoms with Crippen LogP contribution in [0.4, 0.5) is 5.13 Å². The van der Waals surface area contributed by atoms with Crippen LogP contribution in [0.2, 0.25) is 0 Å². The molecule has 196 valence electrons. The number of nitrogens with two attached hydrogens (primary N) is 1. The number of amides is 1. The van der Waals surface area contributed by atoms with Gasteiger partial charge in [-0.2, -0.15) is 0 Å². The molecule has 0 aliphatic carbocycles. The molecule has 1 amide bonds. The van der Waals surface area contributed by atoms with Gasteiger partial charge in [-0.1, -0.05) is 11.2 Å². The molecule has 2 aliphatic rings. The average Bonchev–Trinajstić information content (AvgIpc) is 3.48. The van der Waals surface area contributed by atoms with E-state index in [4.69, 9.17) is 10.6 Å². The number of rotatable bonds is 8. The first-order chi connectivity index (χ1) is 18.2. The Balaban J connectivity index is 0.00000353. The Morgan fingerprint density at radius 3 is 2.77 bits per heavy atom. The summed E-state index contributed by atoms with van der Waals surface area (Å²) in [5, 5.41) is 39.3. The number of thiazole rings is 1. The predicted molar refractivity (Wildman–Crippen MR) is 131 cm³/mol. The van der Waals surface area contributed by atoms with Gasteiger partial charge in [0, 0.05) is 28.7 Å². The summed E-state index contributed by atoms with van der Waals surface area (Å²) in [4.78, 5) is 50.7. The minimum atomic E-state index is -1.59. The van der Waals surface area contributed by atoms with Gasteiger partial charge in [0.15, 0.2) is 17.4 Å². The van der Waals surface area contributed by atoms with E-state index in [1.54, 1.807) is 28.8 Å². The predicted octanol–water partition coefficient (Wildman–Crippen LogP) is -4.94. The van der Waals surface area contributed by atoms with E-state index < -0.39 is 35.2 Å². The van der Waals surface area contributed by atoms with Crippen molar-refractivity contribution in [3.63, 3.8) is 0 Å². The van der Waals surface area contributed by atoms with Gasteiger partial charge in [-0.05, 0) is 6.07 Å². The number of hydrogen-bond acceptors (Lipinski definition) is 12. The summed E-state index contributed by atoms with van der Waals surface area (Å²) >= 11 is 2.28. The zero-order valence-corrected chi connectivity index (χ0v) is 24.1. The van der Waals surface area contributed by atoms with Gasteiger partial charge in [-0.15, -0.1) is 23.1 Å². The number of aromatic nitrogens is 3. The van der Waals surface area contributed by atoms with E-state index in [0.29, 0.717) is 5.65 Å². The number of anilines is 1. The molecule has 5 rings (SSSR count). The van der Waals surface area contributed by atoms with Gasteiger partial charge in [0.1, 0.15) is 30.4 Å². The molecule has 0 saturated carbocycles. The van der Waals surface area contributed by atoms with E-state index in [0.717, 1.165) is 16.2 Å². The maximum atomic E-state index is 13.0. The number of thioether (sulfide) groups is 1. The van der Waals surface area contributed by atoms with Crippen LogP contribution in [0.1, 0.15) is 16.2 Å². The van der Waals surface area contributed by atoms with Crippen molar-refractivity contribution in [1.29, 1.82) is 0 Å². The van der Waals surface area contributed by atoms with Crippen molar-refractivity contribution in [3.05, 3.63) is 58.6 Å². The van der Waals surface area contributed by atoms with Crippen LogP contribution >= 0.6 is 23.1 Å². The van der Waals surface area contributed by atoms with Crippen LogP contribution in [-0.2, 0) is 21.0 Å². The number of aliphatic imine (C=N–C) groups is 1. The third-order valence-corrected chi connectivity index (χ3v) is 7.88. The third kappa shape index (κ3) is 5.12. The quantitative estimate of drug-likeness (QED) is 0.0650. The number of oxime groups is 1. The molecule has 3 aromatic rings. The van der Waals surface area contributed by atoms with E-state index in [1.807, 2.05) is 0 Å². The summed E-state index contributed by atoms with van der Waals surface area (Å²) in [6.45, 7) is -0.106. The van der Waals surface area contributed by atoms with Crippen molar-refractivity contribution in [2.24, 2.45) is 10.1 Å². The number of carbonyl (C=O) groups is 3. The number of fused-ring (bicyclic) bond motifs is 2. The molecule has 17 heteroatoms. The molecule has 5 heterocycles. The van der Waals surface area contributed by atoms with Crippen LogP contribution in [0.3, 0.4) is 0 Å². The summed E-state index contributed by atoms with van der Waals surface area (Å²) in [6, 6.07) is 3.97. The molecule has 2 atom stereocenters.